The number of carbonyl (C=O) groups is 7. The Hall–Kier alpha value is -3.75. The molecule has 0 saturated carbocycles. The second-order valence-electron chi connectivity index (χ2n) is 7.86. The summed E-state index contributed by atoms with van der Waals surface area (Å²) >= 11 is 0. The Morgan fingerprint density at radius 3 is 2.03 bits per heavy atom. The summed E-state index contributed by atoms with van der Waals surface area (Å²) in [4.78, 5) is 83.8. The Balaban J connectivity index is 3.00. The minimum absolute atomic E-state index is 0.0984. The largest absolute Gasteiger partial charge is 0.481 e. The topological polar surface area (TPSA) is 265 Å². The number of nitrogens with zero attached hydrogens (tertiary/aromatic N) is 1. The van der Waals surface area contributed by atoms with Crippen molar-refractivity contribution in [3.05, 3.63) is 0 Å². The molecule has 0 aromatic heterocycles. The van der Waals surface area contributed by atoms with Crippen molar-refractivity contribution in [2.45, 2.75) is 69.1 Å². The first kappa shape index (κ1) is 28.3. The molecular formula is C19H30N6O9. The van der Waals surface area contributed by atoms with Crippen LogP contribution in [0.3, 0.4) is 0 Å². The number of nitrogens with two attached hydrogens (primary N) is 3. The molecule has 0 aromatic carbocycles. The molecule has 1 aliphatic rings. The number of primary amides is 2. The number of hydrogen-bond donors (Lipinski definition) is 7. The number of rotatable bonds is 14. The molecular weight excluding hydrogens is 456 g/mol. The lowest BCUT2D eigenvalue weighted by Crippen LogP contribution is -2.57. The molecule has 1 rings (SSSR count). The van der Waals surface area contributed by atoms with Gasteiger partial charge in [0.1, 0.15) is 18.1 Å². The van der Waals surface area contributed by atoms with Gasteiger partial charge in [-0.25, -0.2) is 4.79 Å². The van der Waals surface area contributed by atoms with Gasteiger partial charge in [0.25, 0.3) is 0 Å². The highest BCUT2D eigenvalue weighted by Crippen LogP contribution is 2.19. The summed E-state index contributed by atoms with van der Waals surface area (Å²) in [5.41, 5.74) is 15.9. The number of carboxylic acids is 2. The lowest BCUT2D eigenvalue weighted by atomic mass is 10.1. The number of carboxylic acid groups (broad SMARTS) is 2. The maximum absolute atomic E-state index is 12.9. The van der Waals surface area contributed by atoms with Crippen LogP contribution in [0.1, 0.15) is 44.9 Å². The molecule has 1 aliphatic heterocycles. The van der Waals surface area contributed by atoms with Gasteiger partial charge in [0, 0.05) is 19.4 Å². The summed E-state index contributed by atoms with van der Waals surface area (Å²) < 4.78 is 0. The van der Waals surface area contributed by atoms with E-state index in [4.69, 9.17) is 22.3 Å². The molecule has 0 spiro atoms. The van der Waals surface area contributed by atoms with E-state index in [-0.39, 0.29) is 32.2 Å². The maximum Gasteiger partial charge on any atom is 0.326 e. The molecule has 15 heteroatoms. The lowest BCUT2D eigenvalue weighted by Gasteiger charge is -2.28. The number of amides is 5. The fourth-order valence-electron chi connectivity index (χ4n) is 3.41. The molecule has 1 heterocycles. The van der Waals surface area contributed by atoms with Gasteiger partial charge in [0.15, 0.2) is 0 Å². The van der Waals surface area contributed by atoms with Crippen molar-refractivity contribution in [1.82, 2.24) is 15.5 Å². The van der Waals surface area contributed by atoms with Crippen LogP contribution in [0.25, 0.3) is 0 Å². The van der Waals surface area contributed by atoms with Crippen LogP contribution in [-0.2, 0) is 33.6 Å². The van der Waals surface area contributed by atoms with E-state index in [1.165, 1.54) is 0 Å². The first-order valence-electron chi connectivity index (χ1n) is 10.5. The van der Waals surface area contributed by atoms with E-state index in [1.807, 2.05) is 0 Å². The van der Waals surface area contributed by atoms with Gasteiger partial charge in [-0.2, -0.15) is 0 Å². The van der Waals surface area contributed by atoms with Crippen LogP contribution < -0.4 is 27.8 Å². The number of likely N-dealkylation sites (tertiary alicyclic amines) is 1. The fourth-order valence-corrected chi connectivity index (χ4v) is 3.41. The molecule has 190 valence electrons. The summed E-state index contributed by atoms with van der Waals surface area (Å²) in [5, 5.41) is 22.6. The van der Waals surface area contributed by atoms with E-state index in [0.717, 1.165) is 4.90 Å². The standard InChI is InChI=1S/C19H30N6O9/c20-9(3-6-15(28)29)16(30)23-10(4-5-13(21)26)17(31)24-11(8-14(22)27)18(32)25-7-1-2-12(25)19(33)34/h9-12H,1-8,20H2,(H2,21,26)(H2,22,27)(H,23,30)(H,24,31)(H,28,29)(H,33,34). The summed E-state index contributed by atoms with van der Waals surface area (Å²) in [5.74, 6) is -6.83. The highest BCUT2D eigenvalue weighted by molar-refractivity contribution is 5.96. The van der Waals surface area contributed by atoms with Crippen LogP contribution in [-0.4, -0.2) is 87.3 Å². The van der Waals surface area contributed by atoms with Gasteiger partial charge in [-0.15, -0.1) is 0 Å². The third kappa shape index (κ3) is 9.01. The highest BCUT2D eigenvalue weighted by Gasteiger charge is 2.39. The highest BCUT2D eigenvalue weighted by atomic mass is 16.4. The van der Waals surface area contributed by atoms with E-state index < -0.39 is 78.5 Å². The number of hydrogen-bond acceptors (Lipinski definition) is 8. The fraction of sp³-hybridized carbons (Fsp3) is 0.632. The zero-order valence-corrected chi connectivity index (χ0v) is 18.4. The molecule has 15 nitrogen and oxygen atoms in total. The second kappa shape index (κ2) is 13.1. The van der Waals surface area contributed by atoms with Gasteiger partial charge in [-0.05, 0) is 25.7 Å². The normalized spacial score (nSPS) is 17.8. The van der Waals surface area contributed by atoms with Crippen LogP contribution in [0, 0.1) is 0 Å². The van der Waals surface area contributed by atoms with Gasteiger partial charge < -0.3 is 42.9 Å². The number of carbonyl (C=O) groups excluding carboxylic acids is 5. The van der Waals surface area contributed by atoms with Gasteiger partial charge in [0.05, 0.1) is 12.5 Å². The van der Waals surface area contributed by atoms with E-state index >= 15 is 0 Å². The van der Waals surface area contributed by atoms with Gasteiger partial charge in [-0.1, -0.05) is 0 Å². The Kier molecular flexibility index (Phi) is 10.9. The van der Waals surface area contributed by atoms with Crippen LogP contribution in [0.4, 0.5) is 0 Å². The van der Waals surface area contributed by atoms with Crippen molar-refractivity contribution in [3.8, 4) is 0 Å². The first-order chi connectivity index (χ1) is 15.8. The van der Waals surface area contributed by atoms with Crippen molar-refractivity contribution >= 4 is 41.5 Å². The molecule has 0 bridgehead atoms. The molecule has 5 amide bonds. The van der Waals surface area contributed by atoms with E-state index in [9.17, 15) is 38.7 Å². The first-order valence-corrected chi connectivity index (χ1v) is 10.5. The smallest absolute Gasteiger partial charge is 0.326 e. The molecule has 34 heavy (non-hydrogen) atoms. The van der Waals surface area contributed by atoms with Crippen LogP contribution in [0.5, 0.6) is 0 Å². The van der Waals surface area contributed by atoms with Crippen molar-refractivity contribution < 1.29 is 43.8 Å². The molecule has 4 atom stereocenters. The Bertz CT molecular complexity index is 833. The molecule has 4 unspecified atom stereocenters. The molecule has 1 saturated heterocycles. The maximum atomic E-state index is 12.9. The third-order valence-corrected chi connectivity index (χ3v) is 5.16. The Morgan fingerprint density at radius 2 is 1.50 bits per heavy atom. The SMILES string of the molecule is NC(=O)CCC(NC(=O)C(N)CCC(=O)O)C(=O)NC(CC(N)=O)C(=O)N1CCCC1C(=O)O. The van der Waals surface area contributed by atoms with Crippen LogP contribution >= 0.6 is 0 Å². The van der Waals surface area contributed by atoms with Gasteiger partial charge >= 0.3 is 11.9 Å². The van der Waals surface area contributed by atoms with Crippen LogP contribution in [0.15, 0.2) is 0 Å². The monoisotopic (exact) mass is 486 g/mol. The predicted molar refractivity (Wildman–Crippen MR) is 113 cm³/mol. The predicted octanol–water partition coefficient (Wildman–Crippen LogP) is -3.64. The molecule has 0 aliphatic carbocycles. The van der Waals surface area contributed by atoms with Crippen molar-refractivity contribution in [3.63, 3.8) is 0 Å². The molecule has 1 fully saturated rings. The number of nitrogens with one attached hydrogen (secondary N) is 2. The zero-order valence-electron chi connectivity index (χ0n) is 18.4. The van der Waals surface area contributed by atoms with Gasteiger partial charge in [-0.3, -0.25) is 28.8 Å². The summed E-state index contributed by atoms with van der Waals surface area (Å²) in [7, 11) is 0. The average Bonchev–Trinajstić information content (AvgIpc) is 3.23. The number of aliphatic carboxylic acids is 2. The van der Waals surface area contributed by atoms with Crippen molar-refractivity contribution in [1.29, 1.82) is 0 Å². The minimum atomic E-state index is -1.52. The average molecular weight is 486 g/mol. The second-order valence-corrected chi connectivity index (χ2v) is 7.86. The van der Waals surface area contributed by atoms with Crippen molar-refractivity contribution in [2.75, 3.05) is 6.54 Å². The van der Waals surface area contributed by atoms with E-state index in [1.54, 1.807) is 0 Å². The van der Waals surface area contributed by atoms with Crippen LogP contribution in [0.2, 0.25) is 0 Å². The van der Waals surface area contributed by atoms with Gasteiger partial charge in [0.2, 0.25) is 29.5 Å². The Morgan fingerprint density at radius 1 is 0.882 bits per heavy atom. The lowest BCUT2D eigenvalue weighted by molar-refractivity contribution is -0.149. The molecule has 0 radical (unpaired) electrons. The summed E-state index contributed by atoms with van der Waals surface area (Å²) in [6.45, 7) is 0.0984. The Labute approximate surface area is 194 Å². The zero-order chi connectivity index (χ0) is 26.0. The molecule has 0 aromatic rings. The third-order valence-electron chi connectivity index (χ3n) is 5.16. The quantitative estimate of drug-likeness (QED) is 0.126. The minimum Gasteiger partial charge on any atom is -0.481 e. The van der Waals surface area contributed by atoms with E-state index in [0.29, 0.717) is 6.42 Å². The van der Waals surface area contributed by atoms with E-state index in [2.05, 4.69) is 10.6 Å². The summed E-state index contributed by atoms with van der Waals surface area (Å²) in [6, 6.07) is -5.33. The van der Waals surface area contributed by atoms with Crippen molar-refractivity contribution in [2.24, 2.45) is 17.2 Å². The molecule has 10 N–H and O–H groups in total. The summed E-state index contributed by atoms with van der Waals surface area (Å²) in [6.07, 6.45) is -1.26.